The van der Waals surface area contributed by atoms with E-state index in [2.05, 4.69) is 20.7 Å². The number of hydrogen-bond acceptors (Lipinski definition) is 4. The molecule has 1 aromatic carbocycles. The molecular weight excluding hydrogens is 286 g/mol. The van der Waals surface area contributed by atoms with Gasteiger partial charge in [-0.15, -0.1) is 0 Å². The number of rotatable bonds is 3. The highest BCUT2D eigenvalue weighted by molar-refractivity contribution is 9.10. The van der Waals surface area contributed by atoms with Gasteiger partial charge >= 0.3 is 5.97 Å². The molecule has 2 rings (SSSR count). The molecule has 4 nitrogen and oxygen atoms in total. The number of halogens is 1. The Morgan fingerprint density at radius 1 is 1.47 bits per heavy atom. The average Bonchev–Trinajstić information content (AvgIpc) is 2.64. The number of benzene rings is 1. The maximum atomic E-state index is 11.0. The second kappa shape index (κ2) is 5.06. The number of fused-ring (bicyclic) bond motifs is 1. The molecule has 0 saturated carbocycles. The molecule has 0 aromatic heterocycles. The predicted molar refractivity (Wildman–Crippen MR) is 67.0 cm³/mol. The highest BCUT2D eigenvalue weighted by atomic mass is 79.9. The van der Waals surface area contributed by atoms with Crippen molar-refractivity contribution >= 4 is 21.9 Å². The number of esters is 1. The summed E-state index contributed by atoms with van der Waals surface area (Å²) < 4.78 is 10.8. The van der Waals surface area contributed by atoms with Crippen LogP contribution in [0.3, 0.4) is 0 Å². The summed E-state index contributed by atoms with van der Waals surface area (Å²) in [6.45, 7) is -0.0834. The lowest BCUT2D eigenvalue weighted by Crippen LogP contribution is -2.19. The Balaban J connectivity index is 2.14. The van der Waals surface area contributed by atoms with Crippen molar-refractivity contribution in [2.24, 2.45) is 5.73 Å². The molecule has 1 unspecified atom stereocenters. The van der Waals surface area contributed by atoms with Gasteiger partial charge < -0.3 is 15.2 Å². The molecule has 0 radical (unpaired) electrons. The highest BCUT2D eigenvalue weighted by Crippen LogP contribution is 2.33. The van der Waals surface area contributed by atoms with Gasteiger partial charge in [0.2, 0.25) is 0 Å². The second-order valence-corrected chi connectivity index (χ2v) is 4.94. The van der Waals surface area contributed by atoms with Gasteiger partial charge in [-0.2, -0.15) is 0 Å². The molecule has 1 aliphatic carbocycles. The number of methoxy groups -OCH3 is 1. The number of nitrogens with two attached hydrogens (primary N) is 1. The van der Waals surface area contributed by atoms with Crippen LogP contribution in [-0.2, 0) is 22.4 Å². The highest BCUT2D eigenvalue weighted by Gasteiger charge is 2.20. The van der Waals surface area contributed by atoms with Crippen molar-refractivity contribution in [2.75, 3.05) is 13.7 Å². The molecule has 0 amide bonds. The normalized spacial score (nSPS) is 17.7. The van der Waals surface area contributed by atoms with Crippen LogP contribution >= 0.6 is 15.9 Å². The van der Waals surface area contributed by atoms with Crippen LogP contribution in [-0.4, -0.2) is 25.7 Å². The first-order chi connectivity index (χ1) is 8.10. The zero-order valence-corrected chi connectivity index (χ0v) is 11.1. The van der Waals surface area contributed by atoms with E-state index < -0.39 is 5.97 Å². The number of ether oxygens (including phenoxy) is 2. The van der Waals surface area contributed by atoms with Gasteiger partial charge in [0, 0.05) is 6.04 Å². The lowest BCUT2D eigenvalue weighted by Gasteiger charge is -2.09. The third-order valence-electron chi connectivity index (χ3n) is 2.79. The van der Waals surface area contributed by atoms with E-state index in [4.69, 9.17) is 10.5 Å². The van der Waals surface area contributed by atoms with E-state index in [-0.39, 0.29) is 12.6 Å². The van der Waals surface area contributed by atoms with E-state index >= 15 is 0 Å². The standard InChI is InChI=1S/C12H14BrNO3/c1-16-12(15)6-17-11-5-8-3-9(14)2-7(8)4-10(11)13/h4-5,9H,2-3,6,14H2,1H3. The van der Waals surface area contributed by atoms with Crippen LogP contribution in [0, 0.1) is 0 Å². The van der Waals surface area contributed by atoms with Gasteiger partial charge in [-0.1, -0.05) is 0 Å². The van der Waals surface area contributed by atoms with E-state index in [1.807, 2.05) is 12.1 Å². The lowest BCUT2D eigenvalue weighted by molar-refractivity contribution is -0.142. The first-order valence-electron chi connectivity index (χ1n) is 5.36. The number of carbonyl (C=O) groups is 1. The van der Waals surface area contributed by atoms with E-state index in [9.17, 15) is 4.79 Å². The summed E-state index contributed by atoms with van der Waals surface area (Å²) in [7, 11) is 1.34. The molecule has 0 bridgehead atoms. The molecule has 92 valence electrons. The first kappa shape index (κ1) is 12.4. The Kier molecular flexibility index (Phi) is 3.69. The van der Waals surface area contributed by atoms with Crippen molar-refractivity contribution < 1.29 is 14.3 Å². The Bertz CT molecular complexity index is 448. The summed E-state index contributed by atoms with van der Waals surface area (Å²) >= 11 is 3.42. The Hall–Kier alpha value is -1.07. The van der Waals surface area contributed by atoms with E-state index in [1.165, 1.54) is 18.2 Å². The molecule has 0 fully saturated rings. The van der Waals surface area contributed by atoms with Gasteiger partial charge in [-0.3, -0.25) is 0 Å². The van der Waals surface area contributed by atoms with E-state index in [0.717, 1.165) is 17.3 Å². The van der Waals surface area contributed by atoms with Crippen LogP contribution in [0.1, 0.15) is 11.1 Å². The van der Waals surface area contributed by atoms with E-state index in [0.29, 0.717) is 5.75 Å². The van der Waals surface area contributed by atoms with Gasteiger partial charge in [0.05, 0.1) is 11.6 Å². The zero-order valence-electron chi connectivity index (χ0n) is 9.53. The molecule has 17 heavy (non-hydrogen) atoms. The molecular formula is C12H14BrNO3. The minimum absolute atomic E-state index is 0.0834. The van der Waals surface area contributed by atoms with Crippen LogP contribution in [0.4, 0.5) is 0 Å². The topological polar surface area (TPSA) is 61.5 Å². The van der Waals surface area contributed by atoms with Crippen molar-refractivity contribution in [2.45, 2.75) is 18.9 Å². The number of carbonyl (C=O) groups excluding carboxylic acids is 1. The van der Waals surface area contributed by atoms with Gasteiger partial charge in [0.25, 0.3) is 0 Å². The molecule has 0 spiro atoms. The molecule has 1 atom stereocenters. The largest absolute Gasteiger partial charge is 0.481 e. The fourth-order valence-corrected chi connectivity index (χ4v) is 2.47. The SMILES string of the molecule is COC(=O)COc1cc2c(cc1Br)CC(N)C2. The summed E-state index contributed by atoms with van der Waals surface area (Å²) in [6.07, 6.45) is 1.75. The molecule has 2 N–H and O–H groups in total. The Morgan fingerprint density at radius 3 is 2.76 bits per heavy atom. The molecule has 0 saturated heterocycles. The van der Waals surface area contributed by atoms with Crippen LogP contribution in [0.2, 0.25) is 0 Å². The van der Waals surface area contributed by atoms with Crippen molar-refractivity contribution in [1.82, 2.24) is 0 Å². The molecule has 1 aromatic rings. The summed E-state index contributed by atoms with van der Waals surface area (Å²) in [5.41, 5.74) is 8.34. The van der Waals surface area contributed by atoms with E-state index in [1.54, 1.807) is 0 Å². The third-order valence-corrected chi connectivity index (χ3v) is 3.41. The van der Waals surface area contributed by atoms with Gasteiger partial charge in [-0.25, -0.2) is 4.79 Å². The average molecular weight is 300 g/mol. The molecule has 5 heteroatoms. The maximum Gasteiger partial charge on any atom is 0.343 e. The predicted octanol–water partition coefficient (Wildman–Crippen LogP) is 1.43. The van der Waals surface area contributed by atoms with Crippen LogP contribution in [0.25, 0.3) is 0 Å². The minimum atomic E-state index is -0.394. The van der Waals surface area contributed by atoms with Crippen molar-refractivity contribution in [3.05, 3.63) is 27.7 Å². The summed E-state index contributed by atoms with van der Waals surface area (Å²) in [5, 5.41) is 0. The van der Waals surface area contributed by atoms with Crippen molar-refractivity contribution in [3.63, 3.8) is 0 Å². The molecule has 1 aliphatic rings. The molecule has 0 heterocycles. The lowest BCUT2D eigenvalue weighted by atomic mass is 10.1. The fraction of sp³-hybridized carbons (Fsp3) is 0.417. The smallest absolute Gasteiger partial charge is 0.343 e. The third kappa shape index (κ3) is 2.79. The second-order valence-electron chi connectivity index (χ2n) is 4.08. The zero-order chi connectivity index (χ0) is 12.4. The maximum absolute atomic E-state index is 11.0. The Morgan fingerprint density at radius 2 is 2.12 bits per heavy atom. The van der Waals surface area contributed by atoms with Gasteiger partial charge in [0.1, 0.15) is 5.75 Å². The monoisotopic (exact) mass is 299 g/mol. The van der Waals surface area contributed by atoms with Crippen LogP contribution < -0.4 is 10.5 Å². The minimum Gasteiger partial charge on any atom is -0.481 e. The molecule has 0 aliphatic heterocycles. The van der Waals surface area contributed by atoms with Gasteiger partial charge in [0.15, 0.2) is 6.61 Å². The Labute approximate surface area is 108 Å². The van der Waals surface area contributed by atoms with Gasteiger partial charge in [-0.05, 0) is 52.0 Å². The van der Waals surface area contributed by atoms with Crippen molar-refractivity contribution in [3.8, 4) is 5.75 Å². The quantitative estimate of drug-likeness (QED) is 0.858. The fourth-order valence-electron chi connectivity index (χ4n) is 1.96. The van der Waals surface area contributed by atoms with Crippen LogP contribution in [0.5, 0.6) is 5.75 Å². The summed E-state index contributed by atoms with van der Waals surface area (Å²) in [6, 6.07) is 4.14. The van der Waals surface area contributed by atoms with Crippen molar-refractivity contribution in [1.29, 1.82) is 0 Å². The summed E-state index contributed by atoms with van der Waals surface area (Å²) in [5.74, 6) is 0.261. The van der Waals surface area contributed by atoms with Crippen LogP contribution in [0.15, 0.2) is 16.6 Å². The first-order valence-corrected chi connectivity index (χ1v) is 6.16. The number of hydrogen-bond donors (Lipinski definition) is 1. The summed E-state index contributed by atoms with van der Waals surface area (Å²) in [4.78, 5) is 11.0.